The number of hydrogen-bond acceptors (Lipinski definition) is 9. The van der Waals surface area contributed by atoms with Gasteiger partial charge in [0.05, 0.1) is 13.0 Å². The molecule has 0 aliphatic carbocycles. The summed E-state index contributed by atoms with van der Waals surface area (Å²) in [5.74, 6) is -4.50. The van der Waals surface area contributed by atoms with E-state index in [-0.39, 0.29) is 50.6 Å². The van der Waals surface area contributed by atoms with Crippen molar-refractivity contribution in [3.63, 3.8) is 0 Å². The number of ether oxygens (including phenoxy) is 3. The molecule has 13 heteroatoms. The van der Waals surface area contributed by atoms with Gasteiger partial charge >= 0.3 is 11.9 Å². The van der Waals surface area contributed by atoms with Gasteiger partial charge in [-0.05, 0) is 6.08 Å². The highest BCUT2D eigenvalue weighted by Gasteiger charge is 2.50. The summed E-state index contributed by atoms with van der Waals surface area (Å²) in [5, 5.41) is 22.1. The van der Waals surface area contributed by atoms with Gasteiger partial charge in [-0.3, -0.25) is 19.2 Å². The molecule has 2 atom stereocenters. The van der Waals surface area contributed by atoms with E-state index in [1.165, 1.54) is 7.11 Å². The Balaban J connectivity index is 2.44. The lowest BCUT2D eigenvalue weighted by atomic mass is 9.85. The summed E-state index contributed by atoms with van der Waals surface area (Å²) in [7, 11) is 1.30. The highest BCUT2D eigenvalue weighted by atomic mass is 32.2. The minimum Gasteiger partial charge on any atom is -0.481 e. The second kappa shape index (κ2) is 13.3. The molecular formula is C20H30N2O10S. The van der Waals surface area contributed by atoms with Gasteiger partial charge in [-0.1, -0.05) is 25.6 Å². The predicted octanol–water partition coefficient (Wildman–Crippen LogP) is 0.116. The molecule has 0 radical (unpaired) electrons. The molecule has 1 saturated heterocycles. The fourth-order valence-electron chi connectivity index (χ4n) is 2.76. The molecule has 0 saturated carbocycles. The first-order valence-corrected chi connectivity index (χ1v) is 11.1. The standard InChI is InChI=1S/C20H30N2O10S/c1-19(2)12-31-20(30-3,8-6-15(26)27)32-17(19)18(29)22-9-7-13(23)21-10-11-33-16(28)5-4-14(24)25/h4-5,17H,6-12H2,1-3H3,(H,21,23)(H,22,29)(H,24,25)(H,26,27)/b5-4+/t17-,20?/m0/s1. The number of carboxylic acids is 2. The molecule has 1 rings (SSSR count). The number of thioether (sulfide) groups is 1. The van der Waals surface area contributed by atoms with E-state index in [1.807, 2.05) is 0 Å². The average Bonchev–Trinajstić information content (AvgIpc) is 2.74. The van der Waals surface area contributed by atoms with Crippen molar-refractivity contribution < 1.29 is 48.4 Å². The van der Waals surface area contributed by atoms with Crippen molar-refractivity contribution in [3.8, 4) is 0 Å². The first-order chi connectivity index (χ1) is 15.4. The molecule has 0 aromatic carbocycles. The minimum absolute atomic E-state index is 0.0125. The molecule has 0 bridgehead atoms. The molecule has 186 valence electrons. The van der Waals surface area contributed by atoms with Crippen molar-refractivity contribution in [1.29, 1.82) is 0 Å². The summed E-state index contributed by atoms with van der Waals surface area (Å²) in [4.78, 5) is 57.2. The third-order valence-electron chi connectivity index (χ3n) is 4.55. The first kappa shape index (κ1) is 28.6. The Kier molecular flexibility index (Phi) is 11.5. The van der Waals surface area contributed by atoms with Gasteiger partial charge in [0, 0.05) is 50.3 Å². The van der Waals surface area contributed by atoms with Crippen molar-refractivity contribution in [3.05, 3.63) is 12.2 Å². The Hall–Kier alpha value is -2.48. The summed E-state index contributed by atoms with van der Waals surface area (Å²) < 4.78 is 16.6. The Morgan fingerprint density at radius 2 is 1.79 bits per heavy atom. The Morgan fingerprint density at radius 1 is 1.09 bits per heavy atom. The monoisotopic (exact) mass is 490 g/mol. The maximum Gasteiger partial charge on any atom is 0.328 e. The minimum atomic E-state index is -1.65. The van der Waals surface area contributed by atoms with Gasteiger partial charge in [0.1, 0.15) is 6.10 Å². The van der Waals surface area contributed by atoms with Crippen LogP contribution in [0, 0.1) is 5.41 Å². The number of methoxy groups -OCH3 is 1. The Bertz CT molecular complexity index is 770. The largest absolute Gasteiger partial charge is 0.481 e. The highest BCUT2D eigenvalue weighted by Crippen LogP contribution is 2.38. The van der Waals surface area contributed by atoms with E-state index in [9.17, 15) is 24.0 Å². The third kappa shape index (κ3) is 10.3. The first-order valence-electron chi connectivity index (χ1n) is 10.1. The number of amides is 2. The molecule has 12 nitrogen and oxygen atoms in total. The quantitative estimate of drug-likeness (QED) is 0.203. The number of carbonyl (C=O) groups excluding carboxylic acids is 3. The third-order valence-corrected chi connectivity index (χ3v) is 5.38. The van der Waals surface area contributed by atoms with E-state index in [1.54, 1.807) is 13.8 Å². The van der Waals surface area contributed by atoms with Gasteiger partial charge in [0.2, 0.25) is 16.9 Å². The zero-order chi connectivity index (χ0) is 25.1. The van der Waals surface area contributed by atoms with Crippen LogP contribution in [0.2, 0.25) is 0 Å². The second-order valence-corrected chi connectivity index (χ2v) is 8.89. The van der Waals surface area contributed by atoms with E-state index < -0.39 is 40.5 Å². The number of carbonyl (C=O) groups is 5. The zero-order valence-electron chi connectivity index (χ0n) is 18.8. The Morgan fingerprint density at radius 3 is 2.39 bits per heavy atom. The fraction of sp³-hybridized carbons (Fsp3) is 0.650. The van der Waals surface area contributed by atoms with Crippen LogP contribution in [0.15, 0.2) is 12.2 Å². The lowest BCUT2D eigenvalue weighted by Crippen LogP contribution is -2.59. The van der Waals surface area contributed by atoms with Crippen molar-refractivity contribution in [2.75, 3.05) is 32.6 Å². The second-order valence-electron chi connectivity index (χ2n) is 7.79. The van der Waals surface area contributed by atoms with Gasteiger partial charge in [-0.15, -0.1) is 0 Å². The van der Waals surface area contributed by atoms with E-state index >= 15 is 0 Å². The number of rotatable bonds is 13. The normalized spacial score (nSPS) is 22.0. The fourth-order valence-corrected chi connectivity index (χ4v) is 3.33. The summed E-state index contributed by atoms with van der Waals surface area (Å²) in [6, 6.07) is 0. The van der Waals surface area contributed by atoms with Gasteiger partial charge in [0.15, 0.2) is 0 Å². The van der Waals surface area contributed by atoms with Crippen LogP contribution in [0.5, 0.6) is 0 Å². The zero-order valence-corrected chi connectivity index (χ0v) is 19.6. The molecule has 33 heavy (non-hydrogen) atoms. The van der Waals surface area contributed by atoms with Crippen LogP contribution in [0.4, 0.5) is 0 Å². The number of aliphatic carboxylic acids is 2. The lowest BCUT2D eigenvalue weighted by molar-refractivity contribution is -0.425. The van der Waals surface area contributed by atoms with Crippen molar-refractivity contribution in [2.24, 2.45) is 5.41 Å². The topological polar surface area (TPSA) is 178 Å². The molecular weight excluding hydrogens is 460 g/mol. The van der Waals surface area contributed by atoms with Gasteiger partial charge in [-0.2, -0.15) is 0 Å². The van der Waals surface area contributed by atoms with Crippen LogP contribution in [0.25, 0.3) is 0 Å². The molecule has 2 amide bonds. The van der Waals surface area contributed by atoms with Crippen molar-refractivity contribution in [2.45, 2.75) is 45.2 Å². The molecule has 0 aromatic rings. The maximum absolute atomic E-state index is 12.7. The van der Waals surface area contributed by atoms with E-state index in [0.29, 0.717) is 0 Å². The summed E-state index contributed by atoms with van der Waals surface area (Å²) >= 11 is 0.865. The van der Waals surface area contributed by atoms with Crippen LogP contribution >= 0.6 is 11.8 Å². The SMILES string of the molecule is COC1(CCC(=O)O)OCC(C)(C)[C@H](C(=O)NCCC(=O)NCCSC(=O)/C=C/C(=O)O)O1. The van der Waals surface area contributed by atoms with Crippen LogP contribution in [-0.4, -0.2) is 83.7 Å². The molecule has 0 aromatic heterocycles. The van der Waals surface area contributed by atoms with Crippen molar-refractivity contribution >= 4 is 40.6 Å². The van der Waals surface area contributed by atoms with Crippen molar-refractivity contribution in [1.82, 2.24) is 10.6 Å². The van der Waals surface area contributed by atoms with Gasteiger partial charge in [-0.25, -0.2) is 4.79 Å². The average molecular weight is 491 g/mol. The molecule has 0 spiro atoms. The smallest absolute Gasteiger partial charge is 0.328 e. The van der Waals surface area contributed by atoms with Crippen LogP contribution in [0.1, 0.15) is 33.1 Å². The van der Waals surface area contributed by atoms with Gasteiger partial charge in [0.25, 0.3) is 5.97 Å². The van der Waals surface area contributed by atoms with Crippen LogP contribution in [0.3, 0.4) is 0 Å². The molecule has 1 aliphatic heterocycles. The van der Waals surface area contributed by atoms with E-state index in [4.69, 9.17) is 24.4 Å². The van der Waals surface area contributed by atoms with Gasteiger partial charge < -0.3 is 35.1 Å². The predicted molar refractivity (Wildman–Crippen MR) is 116 cm³/mol. The number of nitrogens with one attached hydrogen (secondary N) is 2. The number of carboxylic acid groups (broad SMARTS) is 2. The van der Waals surface area contributed by atoms with Crippen LogP contribution in [-0.2, 0) is 38.2 Å². The highest BCUT2D eigenvalue weighted by molar-refractivity contribution is 8.14. The molecule has 1 unspecified atom stereocenters. The Labute approximate surface area is 195 Å². The molecule has 4 N–H and O–H groups in total. The van der Waals surface area contributed by atoms with E-state index in [0.717, 1.165) is 23.9 Å². The summed E-state index contributed by atoms with van der Waals surface area (Å²) in [5.41, 5.74) is -0.726. The number of hydrogen-bond donors (Lipinski definition) is 4. The van der Waals surface area contributed by atoms with Crippen LogP contribution < -0.4 is 10.6 Å². The molecule has 1 heterocycles. The molecule has 1 aliphatic rings. The summed E-state index contributed by atoms with van der Waals surface area (Å²) in [6.07, 6.45) is 0.286. The summed E-state index contributed by atoms with van der Waals surface area (Å²) in [6.45, 7) is 3.83. The lowest BCUT2D eigenvalue weighted by Gasteiger charge is -2.46. The maximum atomic E-state index is 12.7. The van der Waals surface area contributed by atoms with E-state index in [2.05, 4.69) is 10.6 Å². The molecule has 1 fully saturated rings.